The van der Waals surface area contributed by atoms with Crippen LogP contribution in [0.4, 0.5) is 17.1 Å². The number of fused-ring (bicyclic) bond motifs is 12. The van der Waals surface area contributed by atoms with Gasteiger partial charge in [0.1, 0.15) is 11.2 Å². The Hall–Kier alpha value is -6.64. The van der Waals surface area contributed by atoms with Gasteiger partial charge in [-0.05, 0) is 165 Å². The van der Waals surface area contributed by atoms with Crippen LogP contribution in [-0.4, -0.2) is 0 Å². The molecule has 61 heavy (non-hydrogen) atoms. The van der Waals surface area contributed by atoms with Crippen LogP contribution in [0.5, 0.6) is 0 Å². The summed E-state index contributed by atoms with van der Waals surface area (Å²) in [5, 5.41) is 2.28. The van der Waals surface area contributed by atoms with E-state index in [1.165, 1.54) is 76.6 Å². The smallest absolute Gasteiger partial charge is 0.137 e. The second-order valence-corrected chi connectivity index (χ2v) is 19.0. The van der Waals surface area contributed by atoms with Crippen LogP contribution in [0.1, 0.15) is 43.2 Å². The molecule has 8 aromatic carbocycles. The van der Waals surface area contributed by atoms with Gasteiger partial charge in [-0.3, -0.25) is 0 Å². The van der Waals surface area contributed by atoms with Crippen LogP contribution >= 0.6 is 0 Å². The van der Waals surface area contributed by atoms with E-state index in [2.05, 4.69) is 187 Å². The molecule has 5 aliphatic carbocycles. The third-order valence-electron chi connectivity index (χ3n) is 16.4. The first kappa shape index (κ1) is 34.1. The highest BCUT2D eigenvalue weighted by atomic mass is 16.3. The fourth-order valence-electron chi connectivity index (χ4n) is 14.1. The molecule has 3 bridgehead atoms. The normalized spacial score (nSPS) is 24.9. The summed E-state index contributed by atoms with van der Waals surface area (Å²) in [6, 6.07) is 69.7. The SMILES string of the molecule is c1ccc(-c2ccc(-c3ccc(N(c4ccc(-c5ccc6c(c5)-c5ccccc5C65C6CC7CC8CC5C8(C7)C6)cc4)c4ccc5c(c4)oc4ccccc45)cc3)cc2)cc1. The summed E-state index contributed by atoms with van der Waals surface area (Å²) in [6.45, 7) is 0. The number of furan rings is 1. The molecule has 5 aliphatic rings. The van der Waals surface area contributed by atoms with Crippen LogP contribution in [0.25, 0.3) is 66.4 Å². The van der Waals surface area contributed by atoms with Gasteiger partial charge in [0.15, 0.2) is 0 Å². The summed E-state index contributed by atoms with van der Waals surface area (Å²) < 4.78 is 6.43. The minimum Gasteiger partial charge on any atom is -0.456 e. The first-order chi connectivity index (χ1) is 30.1. The molecule has 1 heterocycles. The number of hydrogen-bond donors (Lipinski definition) is 0. The lowest BCUT2D eigenvalue weighted by Gasteiger charge is -2.54. The van der Waals surface area contributed by atoms with Crippen LogP contribution in [0, 0.1) is 29.1 Å². The van der Waals surface area contributed by atoms with E-state index in [0.29, 0.717) is 5.41 Å². The van der Waals surface area contributed by atoms with E-state index in [4.69, 9.17) is 4.42 Å². The van der Waals surface area contributed by atoms with Crippen LogP contribution in [0.15, 0.2) is 192 Å². The monoisotopic (exact) mass is 783 g/mol. The lowest BCUT2D eigenvalue weighted by molar-refractivity contribution is -0.0193. The van der Waals surface area contributed by atoms with E-state index in [9.17, 15) is 0 Å². The number of hydrogen-bond acceptors (Lipinski definition) is 2. The lowest BCUT2D eigenvalue weighted by Crippen LogP contribution is -2.50. The fraction of sp³-hybridized carbons (Fsp3) is 0.186. The third-order valence-corrected chi connectivity index (χ3v) is 16.4. The molecule has 2 nitrogen and oxygen atoms in total. The van der Waals surface area contributed by atoms with Crippen molar-refractivity contribution in [1.29, 1.82) is 0 Å². The maximum Gasteiger partial charge on any atom is 0.137 e. The lowest BCUT2D eigenvalue weighted by atomic mass is 9.49. The number of rotatable bonds is 6. The largest absolute Gasteiger partial charge is 0.456 e. The Kier molecular flexibility index (Phi) is 6.97. The van der Waals surface area contributed by atoms with Gasteiger partial charge in [-0.25, -0.2) is 0 Å². The number of nitrogens with zero attached hydrogens (tertiary/aromatic N) is 1. The van der Waals surface area contributed by atoms with Crippen molar-refractivity contribution in [2.24, 2.45) is 29.1 Å². The van der Waals surface area contributed by atoms with Crippen molar-refractivity contribution in [3.63, 3.8) is 0 Å². The quantitative estimate of drug-likeness (QED) is 0.167. The predicted molar refractivity (Wildman–Crippen MR) is 250 cm³/mol. The molecule has 14 rings (SSSR count). The molecule has 292 valence electrons. The van der Waals surface area contributed by atoms with Crippen LogP contribution in [0.2, 0.25) is 0 Å². The number of anilines is 3. The molecule has 6 atom stereocenters. The summed E-state index contributed by atoms with van der Waals surface area (Å²) in [6.07, 6.45) is 7.33. The van der Waals surface area contributed by atoms with E-state index in [1.54, 1.807) is 11.1 Å². The van der Waals surface area contributed by atoms with Crippen molar-refractivity contribution >= 4 is 39.0 Å². The van der Waals surface area contributed by atoms with Gasteiger partial charge in [-0.1, -0.05) is 133 Å². The highest BCUT2D eigenvalue weighted by molar-refractivity contribution is 6.06. The Labute approximate surface area is 357 Å². The Bertz CT molecular complexity index is 3200. The van der Waals surface area contributed by atoms with Gasteiger partial charge in [0.25, 0.3) is 0 Å². The van der Waals surface area contributed by atoms with Crippen LogP contribution in [-0.2, 0) is 5.41 Å². The predicted octanol–water partition coefficient (Wildman–Crippen LogP) is 15.8. The van der Waals surface area contributed by atoms with E-state index < -0.39 is 0 Å². The van der Waals surface area contributed by atoms with Crippen molar-refractivity contribution in [3.05, 3.63) is 199 Å². The van der Waals surface area contributed by atoms with Gasteiger partial charge < -0.3 is 9.32 Å². The van der Waals surface area contributed by atoms with E-state index in [1.807, 2.05) is 6.07 Å². The van der Waals surface area contributed by atoms with Crippen molar-refractivity contribution in [1.82, 2.24) is 0 Å². The number of para-hydroxylation sites is 1. The van der Waals surface area contributed by atoms with Gasteiger partial charge >= 0.3 is 0 Å². The molecule has 4 saturated carbocycles. The van der Waals surface area contributed by atoms with Gasteiger partial charge in [-0.2, -0.15) is 0 Å². The number of benzene rings is 8. The Morgan fingerprint density at radius 1 is 0.410 bits per heavy atom. The molecular weight excluding hydrogens is 739 g/mol. The molecule has 2 heteroatoms. The molecule has 1 aromatic heterocycles. The van der Waals surface area contributed by atoms with Gasteiger partial charge in [0.05, 0.1) is 0 Å². The van der Waals surface area contributed by atoms with Gasteiger partial charge in [0.2, 0.25) is 0 Å². The minimum absolute atomic E-state index is 0.211. The fourth-order valence-corrected chi connectivity index (χ4v) is 14.1. The molecule has 9 aromatic rings. The molecule has 6 unspecified atom stereocenters. The molecule has 0 radical (unpaired) electrons. The molecule has 4 fully saturated rings. The van der Waals surface area contributed by atoms with Crippen LogP contribution < -0.4 is 4.90 Å². The van der Waals surface area contributed by atoms with Crippen molar-refractivity contribution in [2.45, 2.75) is 37.5 Å². The molecule has 2 spiro atoms. The third kappa shape index (κ3) is 4.68. The molecule has 0 amide bonds. The maximum absolute atomic E-state index is 6.43. The zero-order valence-corrected chi connectivity index (χ0v) is 34.1. The summed E-state index contributed by atoms with van der Waals surface area (Å²) >= 11 is 0. The van der Waals surface area contributed by atoms with Gasteiger partial charge in [0, 0.05) is 39.3 Å². The zero-order chi connectivity index (χ0) is 39.9. The average molecular weight is 784 g/mol. The maximum atomic E-state index is 6.43. The van der Waals surface area contributed by atoms with Gasteiger partial charge in [-0.15, -0.1) is 0 Å². The highest BCUT2D eigenvalue weighted by Crippen LogP contribution is 2.83. The summed E-state index contributed by atoms with van der Waals surface area (Å²) in [5.74, 6) is 3.54. The Morgan fingerprint density at radius 2 is 0.984 bits per heavy atom. The molecule has 0 saturated heterocycles. The highest BCUT2D eigenvalue weighted by Gasteiger charge is 2.76. The topological polar surface area (TPSA) is 16.4 Å². The van der Waals surface area contributed by atoms with Crippen molar-refractivity contribution in [2.75, 3.05) is 4.90 Å². The summed E-state index contributed by atoms with van der Waals surface area (Å²) in [7, 11) is 0. The second kappa shape index (κ2) is 12.5. The average Bonchev–Trinajstić information content (AvgIpc) is 3.94. The Balaban J connectivity index is 0.834. The van der Waals surface area contributed by atoms with E-state index >= 15 is 0 Å². The summed E-state index contributed by atoms with van der Waals surface area (Å²) in [4.78, 5) is 2.36. The van der Waals surface area contributed by atoms with E-state index in [-0.39, 0.29) is 5.41 Å². The molecule has 0 N–H and O–H groups in total. The standard InChI is InChI=1S/C59H45NO/c1-2-8-38(9-3-1)39-14-16-40(17-15-39)41-18-23-46(24-19-41)60(48-27-28-51-50-11-5-7-13-55(50)61-56(51)34-48)47-25-20-42(21-26-47)43-22-29-54-52(32-43)49-10-4-6-12-53(49)59(54)45-31-37-30-44-33-57(59)58(44,35-37)36-45/h1-29,32,34,37,44-45,57H,30-31,33,35-36H2. The Morgan fingerprint density at radius 3 is 1.75 bits per heavy atom. The first-order valence-electron chi connectivity index (χ1n) is 22.5. The molecule has 0 aliphatic heterocycles. The first-order valence-corrected chi connectivity index (χ1v) is 22.5. The zero-order valence-electron chi connectivity index (χ0n) is 34.1. The van der Waals surface area contributed by atoms with Crippen molar-refractivity contribution < 1.29 is 4.42 Å². The van der Waals surface area contributed by atoms with E-state index in [0.717, 1.165) is 62.7 Å². The summed E-state index contributed by atoms with van der Waals surface area (Å²) in [5.41, 5.74) is 19.5. The molecular formula is C59H45NO. The van der Waals surface area contributed by atoms with Crippen molar-refractivity contribution in [3.8, 4) is 44.5 Å². The minimum atomic E-state index is 0.211. The van der Waals surface area contributed by atoms with Crippen LogP contribution in [0.3, 0.4) is 0 Å². The second-order valence-electron chi connectivity index (χ2n) is 19.0.